The highest BCUT2D eigenvalue weighted by molar-refractivity contribution is 5.92. The molecule has 1 N–H and O–H groups in total. The summed E-state index contributed by atoms with van der Waals surface area (Å²) in [5, 5.41) is 5.68. The van der Waals surface area contributed by atoms with Crippen LogP contribution in [0.3, 0.4) is 0 Å². The van der Waals surface area contributed by atoms with Crippen LogP contribution in [-0.4, -0.2) is 38.1 Å². The van der Waals surface area contributed by atoms with E-state index < -0.39 is 0 Å². The second-order valence-electron chi connectivity index (χ2n) is 5.87. The Morgan fingerprint density at radius 2 is 2.00 bits per heavy atom. The van der Waals surface area contributed by atoms with Crippen molar-refractivity contribution in [2.75, 3.05) is 6.54 Å². The Balaban J connectivity index is 1.67. The molecule has 1 aromatic heterocycles. The summed E-state index contributed by atoms with van der Waals surface area (Å²) in [4.78, 5) is 27.6. The normalized spacial score (nSPS) is 14.6. The van der Waals surface area contributed by atoms with Crippen LogP contribution in [0.4, 0.5) is 0 Å². The highest BCUT2D eigenvalue weighted by atomic mass is 16.2. The Hall–Kier alpha value is -2.96. The van der Waals surface area contributed by atoms with Crippen molar-refractivity contribution < 1.29 is 9.59 Å². The molecule has 24 heavy (non-hydrogen) atoms. The highest BCUT2D eigenvalue weighted by Crippen LogP contribution is 2.18. The summed E-state index contributed by atoms with van der Waals surface area (Å²) in [5.74, 6) is 0.171. The quantitative estimate of drug-likeness (QED) is 0.868. The van der Waals surface area contributed by atoms with Gasteiger partial charge in [0.2, 0.25) is 5.91 Å². The van der Waals surface area contributed by atoms with Crippen LogP contribution >= 0.6 is 0 Å². The van der Waals surface area contributed by atoms with Crippen LogP contribution in [-0.2, 0) is 9.59 Å². The molecule has 0 aliphatic carbocycles. The third-order valence-electron chi connectivity index (χ3n) is 3.69. The van der Waals surface area contributed by atoms with Gasteiger partial charge in [-0.3, -0.25) is 20.0 Å². The fraction of sp³-hybridized carbons (Fsp3) is 0.294. The number of aryl methyl sites for hydroxylation is 2. The summed E-state index contributed by atoms with van der Waals surface area (Å²) in [7, 11) is 0. The molecule has 7 heteroatoms. The van der Waals surface area contributed by atoms with Crippen molar-refractivity contribution in [1.82, 2.24) is 25.2 Å². The summed E-state index contributed by atoms with van der Waals surface area (Å²) in [6.07, 6.45) is 5.62. The van der Waals surface area contributed by atoms with Gasteiger partial charge in [0, 0.05) is 30.8 Å². The first kappa shape index (κ1) is 15.9. The SMILES string of the molecule is Cc1cc(C)cc(-c2ncn(/C=C\C(=O)NN3CCCC3=O)n2)c1. The van der Waals surface area contributed by atoms with Gasteiger partial charge in [-0.25, -0.2) is 9.67 Å². The average molecular weight is 325 g/mol. The zero-order valence-electron chi connectivity index (χ0n) is 13.7. The maximum absolute atomic E-state index is 11.8. The number of rotatable bonds is 4. The molecule has 0 spiro atoms. The van der Waals surface area contributed by atoms with E-state index in [0.717, 1.165) is 23.1 Å². The molecule has 3 rings (SSSR count). The lowest BCUT2D eigenvalue weighted by Gasteiger charge is -2.14. The van der Waals surface area contributed by atoms with Gasteiger partial charge < -0.3 is 0 Å². The Labute approximate surface area is 140 Å². The summed E-state index contributed by atoms with van der Waals surface area (Å²) in [6, 6.07) is 6.12. The molecule has 7 nitrogen and oxygen atoms in total. The van der Waals surface area contributed by atoms with E-state index in [1.165, 1.54) is 28.3 Å². The fourth-order valence-electron chi connectivity index (χ4n) is 2.66. The predicted molar refractivity (Wildman–Crippen MR) is 89.4 cm³/mol. The number of carbonyl (C=O) groups excluding carboxylic acids is 2. The van der Waals surface area contributed by atoms with Gasteiger partial charge in [0.1, 0.15) is 6.33 Å². The van der Waals surface area contributed by atoms with Crippen molar-refractivity contribution in [1.29, 1.82) is 0 Å². The van der Waals surface area contributed by atoms with E-state index in [0.29, 0.717) is 18.8 Å². The molecule has 2 aromatic rings. The Morgan fingerprint density at radius 1 is 1.25 bits per heavy atom. The summed E-state index contributed by atoms with van der Waals surface area (Å²) >= 11 is 0. The highest BCUT2D eigenvalue weighted by Gasteiger charge is 2.20. The Bertz CT molecular complexity index is 789. The van der Waals surface area contributed by atoms with Gasteiger partial charge in [-0.15, -0.1) is 5.10 Å². The summed E-state index contributed by atoms with van der Waals surface area (Å²) in [5.41, 5.74) is 5.78. The first-order valence-corrected chi connectivity index (χ1v) is 7.80. The number of carbonyl (C=O) groups is 2. The number of nitrogens with zero attached hydrogens (tertiary/aromatic N) is 4. The second kappa shape index (κ2) is 6.66. The minimum Gasteiger partial charge on any atom is -0.273 e. The van der Waals surface area contributed by atoms with E-state index in [1.807, 2.05) is 26.0 Å². The number of hydrogen-bond donors (Lipinski definition) is 1. The topological polar surface area (TPSA) is 80.1 Å². The zero-order valence-corrected chi connectivity index (χ0v) is 13.7. The van der Waals surface area contributed by atoms with Gasteiger partial charge >= 0.3 is 0 Å². The first-order valence-electron chi connectivity index (χ1n) is 7.80. The number of amides is 2. The first-order chi connectivity index (χ1) is 11.5. The number of aromatic nitrogens is 3. The van der Waals surface area contributed by atoms with Crippen molar-refractivity contribution >= 4 is 18.0 Å². The van der Waals surface area contributed by atoms with Crippen molar-refractivity contribution in [3.8, 4) is 11.4 Å². The van der Waals surface area contributed by atoms with Crippen molar-refractivity contribution in [2.24, 2.45) is 0 Å². The molecule has 1 fully saturated rings. The minimum absolute atomic E-state index is 0.0605. The molecule has 2 heterocycles. The van der Waals surface area contributed by atoms with Crippen LogP contribution in [0.25, 0.3) is 17.6 Å². The minimum atomic E-state index is -0.367. The molecule has 1 aliphatic rings. The fourth-order valence-corrected chi connectivity index (χ4v) is 2.66. The molecule has 0 saturated carbocycles. The van der Waals surface area contributed by atoms with Gasteiger partial charge in [-0.05, 0) is 32.4 Å². The number of hydrogen-bond acceptors (Lipinski definition) is 4. The maximum Gasteiger partial charge on any atom is 0.264 e. The van der Waals surface area contributed by atoms with Crippen LogP contribution in [0.1, 0.15) is 24.0 Å². The molecular formula is C17H19N5O2. The van der Waals surface area contributed by atoms with E-state index >= 15 is 0 Å². The van der Waals surface area contributed by atoms with Crippen LogP contribution < -0.4 is 5.43 Å². The molecule has 0 atom stereocenters. The third-order valence-corrected chi connectivity index (χ3v) is 3.69. The lowest BCUT2D eigenvalue weighted by Crippen LogP contribution is -2.42. The van der Waals surface area contributed by atoms with Gasteiger partial charge in [0.15, 0.2) is 5.82 Å². The molecule has 0 bridgehead atoms. The molecular weight excluding hydrogens is 306 g/mol. The van der Waals surface area contributed by atoms with Gasteiger partial charge in [0.05, 0.1) is 0 Å². The smallest absolute Gasteiger partial charge is 0.264 e. The van der Waals surface area contributed by atoms with Gasteiger partial charge in [0.25, 0.3) is 5.91 Å². The number of benzene rings is 1. The summed E-state index contributed by atoms with van der Waals surface area (Å²) < 4.78 is 1.47. The molecule has 1 saturated heterocycles. The largest absolute Gasteiger partial charge is 0.273 e. The summed E-state index contributed by atoms with van der Waals surface area (Å²) in [6.45, 7) is 4.60. The molecule has 2 amide bonds. The van der Waals surface area contributed by atoms with Crippen LogP contribution in [0, 0.1) is 13.8 Å². The van der Waals surface area contributed by atoms with Crippen LogP contribution in [0.2, 0.25) is 0 Å². The molecule has 124 valence electrons. The number of nitrogens with one attached hydrogen (secondary N) is 1. The van der Waals surface area contributed by atoms with Crippen LogP contribution in [0.5, 0.6) is 0 Å². The second-order valence-corrected chi connectivity index (χ2v) is 5.87. The maximum atomic E-state index is 11.8. The number of hydrazine groups is 1. The average Bonchev–Trinajstić information content (AvgIpc) is 3.14. The molecule has 1 aromatic carbocycles. The van der Waals surface area contributed by atoms with E-state index in [2.05, 4.69) is 21.6 Å². The van der Waals surface area contributed by atoms with Gasteiger partial charge in [-0.1, -0.05) is 17.2 Å². The lowest BCUT2D eigenvalue weighted by molar-refractivity contribution is -0.136. The molecule has 0 radical (unpaired) electrons. The Morgan fingerprint density at radius 3 is 2.67 bits per heavy atom. The standard InChI is InChI=1S/C17H19N5O2/c1-12-8-13(2)10-14(9-12)17-18-11-21(20-17)7-5-15(23)19-22-6-3-4-16(22)24/h5,7-11H,3-4,6H2,1-2H3,(H,19,23)/b7-5-. The zero-order chi connectivity index (χ0) is 17.1. The monoisotopic (exact) mass is 325 g/mol. The third kappa shape index (κ3) is 3.68. The van der Waals surface area contributed by atoms with Crippen molar-refractivity contribution in [3.05, 3.63) is 41.7 Å². The van der Waals surface area contributed by atoms with Gasteiger partial charge in [-0.2, -0.15) is 0 Å². The van der Waals surface area contributed by atoms with Crippen molar-refractivity contribution in [3.63, 3.8) is 0 Å². The van der Waals surface area contributed by atoms with Crippen LogP contribution in [0.15, 0.2) is 30.6 Å². The van der Waals surface area contributed by atoms with E-state index in [-0.39, 0.29) is 11.8 Å². The Kier molecular flexibility index (Phi) is 4.41. The lowest BCUT2D eigenvalue weighted by atomic mass is 10.1. The predicted octanol–water partition coefficient (Wildman–Crippen LogP) is 1.69. The van der Waals surface area contributed by atoms with Crippen molar-refractivity contribution in [2.45, 2.75) is 26.7 Å². The van der Waals surface area contributed by atoms with E-state index in [4.69, 9.17) is 0 Å². The molecule has 1 aliphatic heterocycles. The van der Waals surface area contributed by atoms with E-state index in [1.54, 1.807) is 0 Å². The van der Waals surface area contributed by atoms with E-state index in [9.17, 15) is 9.59 Å². The molecule has 0 unspecified atom stereocenters.